The van der Waals surface area contributed by atoms with Gasteiger partial charge in [-0.1, -0.05) is 12.1 Å². The number of benzene rings is 1. The summed E-state index contributed by atoms with van der Waals surface area (Å²) in [5, 5.41) is 8.89. The molecule has 1 fully saturated rings. The molecule has 0 bridgehead atoms. The molecule has 1 atom stereocenters. The Balaban J connectivity index is 2.05. The molecule has 0 aromatic heterocycles. The van der Waals surface area contributed by atoms with Crippen LogP contribution in [0, 0.1) is 5.92 Å². The summed E-state index contributed by atoms with van der Waals surface area (Å²) in [6, 6.07) is 6.77. The highest BCUT2D eigenvalue weighted by Crippen LogP contribution is 2.20. The number of aliphatic hydroxyl groups is 1. The number of hydrogen-bond acceptors (Lipinski definition) is 4. The third-order valence-corrected chi connectivity index (χ3v) is 5.87. The number of hydrogen-bond donors (Lipinski definition) is 1. The Labute approximate surface area is 127 Å². The van der Waals surface area contributed by atoms with Crippen molar-refractivity contribution < 1.29 is 13.5 Å². The van der Waals surface area contributed by atoms with E-state index in [2.05, 4.69) is 11.9 Å². The Morgan fingerprint density at radius 2 is 2.00 bits per heavy atom. The fourth-order valence-corrected chi connectivity index (χ4v) is 4.02. The van der Waals surface area contributed by atoms with E-state index in [1.165, 1.54) is 4.31 Å². The van der Waals surface area contributed by atoms with E-state index in [1.807, 2.05) is 0 Å². The lowest BCUT2D eigenvalue weighted by Crippen LogP contribution is -2.32. The topological polar surface area (TPSA) is 60.9 Å². The zero-order valence-corrected chi connectivity index (χ0v) is 13.5. The average molecular weight is 312 g/mol. The number of rotatable bonds is 6. The Bertz CT molecular complexity index is 557. The van der Waals surface area contributed by atoms with Crippen molar-refractivity contribution >= 4 is 10.0 Å². The van der Waals surface area contributed by atoms with Gasteiger partial charge in [0.05, 0.1) is 4.90 Å². The average Bonchev–Trinajstić information content (AvgIpc) is 2.85. The molecule has 0 aliphatic carbocycles. The number of likely N-dealkylation sites (tertiary alicyclic amines) is 1. The van der Waals surface area contributed by atoms with Crippen molar-refractivity contribution in [2.75, 3.05) is 40.3 Å². The lowest BCUT2D eigenvalue weighted by molar-refractivity contribution is 0.299. The van der Waals surface area contributed by atoms with Crippen molar-refractivity contribution in [3.05, 3.63) is 29.8 Å². The van der Waals surface area contributed by atoms with Gasteiger partial charge in [-0.05, 0) is 50.0 Å². The van der Waals surface area contributed by atoms with Crippen molar-refractivity contribution in [2.45, 2.75) is 17.7 Å². The molecule has 0 spiro atoms. The van der Waals surface area contributed by atoms with E-state index in [0.29, 0.717) is 23.8 Å². The molecule has 1 aromatic rings. The van der Waals surface area contributed by atoms with E-state index in [1.54, 1.807) is 31.3 Å². The van der Waals surface area contributed by atoms with Crippen molar-refractivity contribution in [2.24, 2.45) is 5.92 Å². The standard InChI is InChI=1S/C15H24N2O3S/c1-16-9-7-14(11-16)12-17(2)21(19,20)15-5-3-13(4-6-15)8-10-18/h3-6,14,18H,7-12H2,1-2H3. The minimum absolute atomic E-state index is 0.0706. The van der Waals surface area contributed by atoms with E-state index in [4.69, 9.17) is 5.11 Å². The Morgan fingerprint density at radius 3 is 2.52 bits per heavy atom. The van der Waals surface area contributed by atoms with Gasteiger partial charge in [-0.25, -0.2) is 12.7 Å². The fraction of sp³-hybridized carbons (Fsp3) is 0.600. The van der Waals surface area contributed by atoms with Crippen LogP contribution in [-0.2, 0) is 16.4 Å². The van der Waals surface area contributed by atoms with Crippen LogP contribution in [0.4, 0.5) is 0 Å². The molecule has 1 N–H and O–H groups in total. The largest absolute Gasteiger partial charge is 0.396 e. The predicted molar refractivity (Wildman–Crippen MR) is 82.7 cm³/mol. The second-order valence-corrected chi connectivity index (χ2v) is 7.86. The van der Waals surface area contributed by atoms with Crippen LogP contribution in [-0.4, -0.2) is 63.1 Å². The molecule has 1 aliphatic heterocycles. The lowest BCUT2D eigenvalue weighted by atomic mass is 10.1. The fourth-order valence-electron chi connectivity index (χ4n) is 2.77. The van der Waals surface area contributed by atoms with Crippen LogP contribution in [0.5, 0.6) is 0 Å². The maximum atomic E-state index is 12.5. The SMILES string of the molecule is CN1CCC(CN(C)S(=O)(=O)c2ccc(CCO)cc2)C1. The first-order valence-electron chi connectivity index (χ1n) is 7.28. The molecule has 1 saturated heterocycles. The van der Waals surface area contributed by atoms with E-state index >= 15 is 0 Å². The van der Waals surface area contributed by atoms with Gasteiger partial charge in [-0.15, -0.1) is 0 Å². The minimum Gasteiger partial charge on any atom is -0.396 e. The van der Waals surface area contributed by atoms with Gasteiger partial charge in [-0.2, -0.15) is 0 Å². The third kappa shape index (κ3) is 4.03. The molecular weight excluding hydrogens is 288 g/mol. The smallest absolute Gasteiger partial charge is 0.242 e. The van der Waals surface area contributed by atoms with Gasteiger partial charge >= 0.3 is 0 Å². The van der Waals surface area contributed by atoms with Crippen LogP contribution in [0.2, 0.25) is 0 Å². The summed E-state index contributed by atoms with van der Waals surface area (Å²) >= 11 is 0. The molecule has 21 heavy (non-hydrogen) atoms. The number of nitrogens with zero attached hydrogens (tertiary/aromatic N) is 2. The molecule has 2 rings (SSSR count). The molecular formula is C15H24N2O3S. The second-order valence-electron chi connectivity index (χ2n) is 5.82. The first-order chi connectivity index (χ1) is 9.93. The highest BCUT2D eigenvalue weighted by molar-refractivity contribution is 7.89. The second kappa shape index (κ2) is 6.87. The van der Waals surface area contributed by atoms with Crippen molar-refractivity contribution in [3.63, 3.8) is 0 Å². The van der Waals surface area contributed by atoms with Crippen LogP contribution >= 0.6 is 0 Å². The molecule has 5 nitrogen and oxygen atoms in total. The Morgan fingerprint density at radius 1 is 1.33 bits per heavy atom. The maximum Gasteiger partial charge on any atom is 0.242 e. The van der Waals surface area contributed by atoms with Crippen LogP contribution in [0.25, 0.3) is 0 Å². The van der Waals surface area contributed by atoms with E-state index in [-0.39, 0.29) is 6.61 Å². The third-order valence-electron chi connectivity index (χ3n) is 4.04. The highest BCUT2D eigenvalue weighted by atomic mass is 32.2. The Hall–Kier alpha value is -0.950. The first kappa shape index (κ1) is 16.4. The summed E-state index contributed by atoms with van der Waals surface area (Å²) in [6.07, 6.45) is 1.59. The summed E-state index contributed by atoms with van der Waals surface area (Å²) in [5.74, 6) is 0.406. The maximum absolute atomic E-state index is 12.5. The molecule has 0 radical (unpaired) electrons. The van der Waals surface area contributed by atoms with Crippen LogP contribution in [0.15, 0.2) is 29.2 Å². The molecule has 6 heteroatoms. The lowest BCUT2D eigenvalue weighted by Gasteiger charge is -2.21. The zero-order valence-electron chi connectivity index (χ0n) is 12.7. The summed E-state index contributed by atoms with van der Waals surface area (Å²) in [5.41, 5.74) is 0.941. The Kier molecular flexibility index (Phi) is 5.37. The molecule has 1 aliphatic rings. The van der Waals surface area contributed by atoms with Crippen molar-refractivity contribution in [1.82, 2.24) is 9.21 Å². The van der Waals surface area contributed by atoms with Gasteiger partial charge in [0.25, 0.3) is 0 Å². The molecule has 1 heterocycles. The summed E-state index contributed by atoms with van der Waals surface area (Å²) in [7, 11) is 0.289. The van der Waals surface area contributed by atoms with Gasteiger partial charge in [-0.3, -0.25) is 0 Å². The van der Waals surface area contributed by atoms with Crippen molar-refractivity contribution in [3.8, 4) is 0 Å². The van der Waals surface area contributed by atoms with E-state index in [9.17, 15) is 8.42 Å². The first-order valence-corrected chi connectivity index (χ1v) is 8.72. The normalized spacial score (nSPS) is 20.3. The number of aliphatic hydroxyl groups excluding tert-OH is 1. The molecule has 0 saturated carbocycles. The molecule has 118 valence electrons. The van der Waals surface area contributed by atoms with E-state index < -0.39 is 10.0 Å². The van der Waals surface area contributed by atoms with Gasteiger partial charge in [0.2, 0.25) is 10.0 Å². The summed E-state index contributed by atoms with van der Waals surface area (Å²) in [4.78, 5) is 2.55. The van der Waals surface area contributed by atoms with Crippen LogP contribution in [0.3, 0.4) is 0 Å². The predicted octanol–water partition coefficient (Wildman–Crippen LogP) is 0.794. The number of sulfonamides is 1. The zero-order chi connectivity index (χ0) is 15.5. The summed E-state index contributed by atoms with van der Waals surface area (Å²) < 4.78 is 26.5. The molecule has 1 unspecified atom stereocenters. The van der Waals surface area contributed by atoms with Crippen molar-refractivity contribution in [1.29, 1.82) is 0 Å². The van der Waals surface area contributed by atoms with Crippen LogP contribution < -0.4 is 0 Å². The van der Waals surface area contributed by atoms with Gasteiger partial charge in [0, 0.05) is 26.7 Å². The van der Waals surface area contributed by atoms with Crippen LogP contribution in [0.1, 0.15) is 12.0 Å². The monoisotopic (exact) mass is 312 g/mol. The van der Waals surface area contributed by atoms with Gasteiger partial charge in [0.15, 0.2) is 0 Å². The quantitative estimate of drug-likeness (QED) is 0.844. The summed E-state index contributed by atoms with van der Waals surface area (Å²) in [6.45, 7) is 2.62. The van der Waals surface area contributed by atoms with Gasteiger partial charge in [0.1, 0.15) is 0 Å². The van der Waals surface area contributed by atoms with E-state index in [0.717, 1.165) is 25.1 Å². The molecule has 0 amide bonds. The molecule has 1 aromatic carbocycles. The van der Waals surface area contributed by atoms with Gasteiger partial charge < -0.3 is 10.0 Å². The highest BCUT2D eigenvalue weighted by Gasteiger charge is 2.27. The minimum atomic E-state index is -3.42.